The quantitative estimate of drug-likeness (QED) is 0.394. The maximum absolute atomic E-state index is 14.2. The van der Waals surface area contributed by atoms with Crippen molar-refractivity contribution in [2.45, 2.75) is 116 Å². The van der Waals surface area contributed by atoms with Crippen LogP contribution in [0, 0.1) is 17.3 Å². The smallest absolute Gasteiger partial charge is 0.348 e. The Morgan fingerprint density at radius 1 is 1.03 bits per heavy atom. The molecule has 0 saturated heterocycles. The van der Waals surface area contributed by atoms with Gasteiger partial charge in [0, 0.05) is 23.0 Å². The molecule has 0 radical (unpaired) electrons. The van der Waals surface area contributed by atoms with Crippen molar-refractivity contribution in [1.29, 1.82) is 0 Å². The molecule has 210 valence electrons. The van der Waals surface area contributed by atoms with E-state index in [0.717, 1.165) is 81.9 Å². The molecule has 9 heteroatoms. The first-order valence-electron chi connectivity index (χ1n) is 14.3. The summed E-state index contributed by atoms with van der Waals surface area (Å²) in [5.41, 5.74) is 1.01. The molecule has 3 aliphatic carbocycles. The molecule has 3 aliphatic rings. The number of amides is 1. The Bertz CT molecular complexity index is 1080. The highest BCUT2D eigenvalue weighted by molar-refractivity contribution is 7.14. The second kappa shape index (κ2) is 12.1. The van der Waals surface area contributed by atoms with Crippen molar-refractivity contribution >= 4 is 41.3 Å². The summed E-state index contributed by atoms with van der Waals surface area (Å²) in [5, 5.41) is 18.4. The first-order valence-corrected chi connectivity index (χ1v) is 15.1. The lowest BCUT2D eigenvalue weighted by atomic mass is 9.73. The van der Waals surface area contributed by atoms with Gasteiger partial charge in [-0.15, -0.1) is 28.8 Å². The molecule has 2 aromatic heterocycles. The lowest BCUT2D eigenvalue weighted by Gasteiger charge is -2.39. The van der Waals surface area contributed by atoms with E-state index in [9.17, 15) is 14.7 Å². The van der Waals surface area contributed by atoms with Crippen molar-refractivity contribution in [3.05, 3.63) is 28.2 Å². The maximum Gasteiger partial charge on any atom is 0.348 e. The van der Waals surface area contributed by atoms with Crippen LogP contribution in [0.15, 0.2) is 18.5 Å². The van der Waals surface area contributed by atoms with Crippen LogP contribution in [0.3, 0.4) is 0 Å². The van der Waals surface area contributed by atoms with Gasteiger partial charge in [-0.25, -0.2) is 9.48 Å². The molecule has 0 aromatic carbocycles. The third-order valence-electron chi connectivity index (χ3n) is 9.38. The number of aromatic carboxylic acids is 1. The number of carbonyl (C=O) groups excluding carboxylic acids is 1. The number of thiophene rings is 1. The molecular weight excluding hydrogens is 520 g/mol. The molecule has 3 saturated carbocycles. The summed E-state index contributed by atoms with van der Waals surface area (Å²) >= 11 is 1.41. The van der Waals surface area contributed by atoms with Crippen molar-refractivity contribution in [2.75, 3.05) is 4.90 Å². The van der Waals surface area contributed by atoms with Crippen molar-refractivity contribution in [3.8, 4) is 0 Å². The highest BCUT2D eigenvalue weighted by Crippen LogP contribution is 2.47. The number of hydrogen-bond donors (Lipinski definition) is 1. The van der Waals surface area contributed by atoms with Gasteiger partial charge in [0.25, 0.3) is 0 Å². The van der Waals surface area contributed by atoms with Gasteiger partial charge in [-0.05, 0) is 100 Å². The van der Waals surface area contributed by atoms with E-state index in [1.807, 2.05) is 15.8 Å². The minimum Gasteiger partial charge on any atom is -0.477 e. The molecule has 7 nitrogen and oxygen atoms in total. The van der Waals surface area contributed by atoms with Gasteiger partial charge in [0.05, 0.1) is 17.9 Å². The van der Waals surface area contributed by atoms with Crippen LogP contribution in [0.5, 0.6) is 0 Å². The number of anilines is 1. The Morgan fingerprint density at radius 3 is 2.26 bits per heavy atom. The molecule has 0 bridgehead atoms. The summed E-state index contributed by atoms with van der Waals surface area (Å²) in [4.78, 5) is 30.1. The highest BCUT2D eigenvalue weighted by atomic mass is 35.5. The number of hydrogen-bond acceptors (Lipinski definition) is 5. The third kappa shape index (κ3) is 6.27. The van der Waals surface area contributed by atoms with E-state index in [0.29, 0.717) is 27.8 Å². The fraction of sp³-hybridized carbons (Fsp3) is 0.724. The summed E-state index contributed by atoms with van der Waals surface area (Å²) in [6.07, 6.45) is 15.6. The third-order valence-corrected chi connectivity index (χ3v) is 10.7. The molecule has 0 aliphatic heterocycles. The van der Waals surface area contributed by atoms with Gasteiger partial charge in [-0.3, -0.25) is 4.79 Å². The largest absolute Gasteiger partial charge is 0.477 e. The molecule has 2 aromatic rings. The van der Waals surface area contributed by atoms with Crippen molar-refractivity contribution in [2.24, 2.45) is 17.3 Å². The number of aromatic nitrogens is 3. The van der Waals surface area contributed by atoms with Crippen LogP contribution in [0.25, 0.3) is 0 Å². The average Bonchev–Trinajstić information content (AvgIpc) is 3.56. The molecular formula is C29H43ClN4O3S. The van der Waals surface area contributed by atoms with Crippen molar-refractivity contribution in [3.63, 3.8) is 0 Å². The predicted octanol–water partition coefficient (Wildman–Crippen LogP) is 7.49. The maximum atomic E-state index is 14.2. The summed E-state index contributed by atoms with van der Waals surface area (Å²) in [6, 6.07) is 2.40. The number of halogens is 1. The van der Waals surface area contributed by atoms with Gasteiger partial charge < -0.3 is 10.0 Å². The minimum atomic E-state index is -0.909. The van der Waals surface area contributed by atoms with E-state index in [4.69, 9.17) is 0 Å². The second-order valence-electron chi connectivity index (χ2n) is 12.6. The van der Waals surface area contributed by atoms with Crippen LogP contribution < -0.4 is 4.90 Å². The summed E-state index contributed by atoms with van der Waals surface area (Å²) in [7, 11) is 0. The van der Waals surface area contributed by atoms with Crippen LogP contribution in [0.2, 0.25) is 0 Å². The van der Waals surface area contributed by atoms with Crippen LogP contribution in [0.1, 0.15) is 124 Å². The molecule has 3 fully saturated rings. The molecule has 0 atom stereocenters. The molecule has 1 amide bonds. The van der Waals surface area contributed by atoms with E-state index in [-0.39, 0.29) is 36.3 Å². The Balaban J connectivity index is 0.00000336. The monoisotopic (exact) mass is 562 g/mol. The van der Waals surface area contributed by atoms with Crippen LogP contribution >= 0.6 is 23.7 Å². The summed E-state index contributed by atoms with van der Waals surface area (Å²) in [5.74, 6) is 0.278. The van der Waals surface area contributed by atoms with Crippen molar-refractivity contribution < 1.29 is 14.7 Å². The zero-order chi connectivity index (χ0) is 26.2. The summed E-state index contributed by atoms with van der Waals surface area (Å²) < 4.78 is 1.93. The van der Waals surface area contributed by atoms with E-state index < -0.39 is 5.97 Å². The Kier molecular flexibility index (Phi) is 9.23. The summed E-state index contributed by atoms with van der Waals surface area (Å²) in [6.45, 7) is 6.92. The number of carbonyl (C=O) groups is 2. The van der Waals surface area contributed by atoms with Gasteiger partial charge in [0.2, 0.25) is 5.91 Å². The normalized spacial score (nSPS) is 27.9. The van der Waals surface area contributed by atoms with Crippen LogP contribution in [-0.4, -0.2) is 38.0 Å². The fourth-order valence-electron chi connectivity index (χ4n) is 6.81. The first kappa shape index (κ1) is 29.1. The number of nitrogens with zero attached hydrogens (tertiary/aromatic N) is 4. The van der Waals surface area contributed by atoms with Crippen LogP contribution in [0.4, 0.5) is 5.69 Å². The molecule has 38 heavy (non-hydrogen) atoms. The lowest BCUT2D eigenvalue weighted by Crippen LogP contribution is -2.46. The van der Waals surface area contributed by atoms with Gasteiger partial charge in [-0.2, -0.15) is 0 Å². The van der Waals surface area contributed by atoms with Gasteiger partial charge in [-0.1, -0.05) is 26.0 Å². The van der Waals surface area contributed by atoms with E-state index in [1.165, 1.54) is 11.3 Å². The van der Waals surface area contributed by atoms with Gasteiger partial charge in [0.1, 0.15) is 4.88 Å². The second-order valence-corrected chi connectivity index (χ2v) is 13.7. The fourth-order valence-corrected chi connectivity index (χ4v) is 7.97. The van der Waals surface area contributed by atoms with Crippen molar-refractivity contribution in [1.82, 2.24) is 15.0 Å². The Morgan fingerprint density at radius 2 is 1.68 bits per heavy atom. The predicted molar refractivity (Wildman–Crippen MR) is 153 cm³/mol. The minimum absolute atomic E-state index is 0. The molecule has 1 N–H and O–H groups in total. The molecule has 5 rings (SSSR count). The standard InChI is InChI=1S/C29H42N4O3S.ClH/c1-19-4-6-21(7-5-19)27(34)33(23-10-8-22(9-11-23)32-17-16-30-31-32)24-18-25(37-26(24)28(35)36)20-12-14-29(2,3)15-13-20;/h16-23H,4-15H2,1-3H3,(H,35,36);1H/t19-,21-,22-,23-;. The van der Waals surface area contributed by atoms with Gasteiger partial charge in [0.15, 0.2) is 0 Å². The Hall–Kier alpha value is -1.93. The number of rotatable bonds is 6. The van der Waals surface area contributed by atoms with E-state index >= 15 is 0 Å². The molecule has 0 unspecified atom stereocenters. The molecule has 2 heterocycles. The average molecular weight is 563 g/mol. The van der Waals surface area contributed by atoms with E-state index in [2.05, 4.69) is 37.1 Å². The highest BCUT2D eigenvalue weighted by Gasteiger charge is 2.39. The topological polar surface area (TPSA) is 88.3 Å². The van der Waals surface area contributed by atoms with E-state index in [1.54, 1.807) is 6.20 Å². The zero-order valence-corrected chi connectivity index (χ0v) is 24.6. The zero-order valence-electron chi connectivity index (χ0n) is 23.0. The van der Waals surface area contributed by atoms with Gasteiger partial charge >= 0.3 is 5.97 Å². The first-order chi connectivity index (χ1) is 17.7. The lowest BCUT2D eigenvalue weighted by molar-refractivity contribution is -0.124. The van der Waals surface area contributed by atoms with Crippen LogP contribution in [-0.2, 0) is 4.79 Å². The Labute approximate surface area is 236 Å². The number of carboxylic acids is 1. The molecule has 0 spiro atoms. The SMILES string of the molecule is CC1(C)CCC(c2cc(N(C(=O)[C@H]3CC[C@H](C)CC3)[C@H]3CC[C@H](n4ccnn4)CC3)c(C(=O)O)s2)CC1.Cl. The number of carboxylic acid groups (broad SMARTS) is 1.